The minimum atomic E-state index is -0.394. The number of oxime groups is 1. The quantitative estimate of drug-likeness (QED) is 0.649. The predicted octanol–water partition coefficient (Wildman–Crippen LogP) is 2.73. The maximum Gasteiger partial charge on any atom is 0.253 e. The van der Waals surface area contributed by atoms with Crippen LogP contribution in [-0.4, -0.2) is 29.0 Å². The minimum Gasteiger partial charge on any atom is -0.411 e. The van der Waals surface area contributed by atoms with E-state index in [2.05, 4.69) is 10.5 Å². The maximum atomic E-state index is 12.3. The summed E-state index contributed by atoms with van der Waals surface area (Å²) in [5, 5.41) is 15.0. The van der Waals surface area contributed by atoms with Crippen LogP contribution in [0.25, 0.3) is 0 Å². The molecule has 0 spiro atoms. The van der Waals surface area contributed by atoms with Crippen molar-refractivity contribution < 1.29 is 14.7 Å². The van der Waals surface area contributed by atoms with Crippen molar-refractivity contribution in [2.75, 3.05) is 5.32 Å². The summed E-state index contributed by atoms with van der Waals surface area (Å²) < 4.78 is 6.00. The molecule has 1 saturated carbocycles. The number of rotatable bonds is 2. The number of hydrogen-bond acceptors (Lipinski definition) is 4. The second-order valence-electron chi connectivity index (χ2n) is 5.68. The van der Waals surface area contributed by atoms with Crippen molar-refractivity contribution in [3.05, 3.63) is 29.8 Å². The van der Waals surface area contributed by atoms with Crippen LogP contribution in [0.2, 0.25) is 0 Å². The molecule has 1 amide bonds. The zero-order valence-corrected chi connectivity index (χ0v) is 11.9. The average Bonchev–Trinajstić information content (AvgIpc) is 2.67. The maximum absolute atomic E-state index is 12.3. The van der Waals surface area contributed by atoms with Gasteiger partial charge in [-0.15, -0.1) is 0 Å². The topological polar surface area (TPSA) is 70.9 Å². The SMILES string of the molecule is O=C1Nc2ccccc2CCC1OC1CCC(=NO)CC1. The Labute approximate surface area is 124 Å². The summed E-state index contributed by atoms with van der Waals surface area (Å²) >= 11 is 0. The summed E-state index contributed by atoms with van der Waals surface area (Å²) in [6.45, 7) is 0. The molecule has 0 bridgehead atoms. The lowest BCUT2D eigenvalue weighted by molar-refractivity contribution is -0.132. The van der Waals surface area contributed by atoms with Crippen LogP contribution in [0, 0.1) is 0 Å². The largest absolute Gasteiger partial charge is 0.411 e. The lowest BCUT2D eigenvalue weighted by Crippen LogP contribution is -2.34. The van der Waals surface area contributed by atoms with Crippen LogP contribution in [-0.2, 0) is 16.0 Å². The van der Waals surface area contributed by atoms with Crippen LogP contribution in [0.15, 0.2) is 29.4 Å². The van der Waals surface area contributed by atoms with Gasteiger partial charge < -0.3 is 15.3 Å². The number of carbonyl (C=O) groups is 1. The molecule has 1 aromatic carbocycles. The van der Waals surface area contributed by atoms with Crippen molar-refractivity contribution in [3.8, 4) is 0 Å². The summed E-state index contributed by atoms with van der Waals surface area (Å²) in [7, 11) is 0. The molecule has 2 aliphatic rings. The van der Waals surface area contributed by atoms with Gasteiger partial charge in [0.1, 0.15) is 6.10 Å². The molecule has 0 saturated heterocycles. The third kappa shape index (κ3) is 3.24. The van der Waals surface area contributed by atoms with Gasteiger partial charge in [0, 0.05) is 5.69 Å². The van der Waals surface area contributed by atoms with Gasteiger partial charge >= 0.3 is 0 Å². The second-order valence-corrected chi connectivity index (χ2v) is 5.68. The van der Waals surface area contributed by atoms with Gasteiger partial charge in [0.2, 0.25) is 0 Å². The van der Waals surface area contributed by atoms with E-state index in [1.807, 2.05) is 24.3 Å². The van der Waals surface area contributed by atoms with Crippen LogP contribution < -0.4 is 5.32 Å². The van der Waals surface area contributed by atoms with Crippen LogP contribution in [0.4, 0.5) is 5.69 Å². The molecule has 3 rings (SSSR count). The van der Waals surface area contributed by atoms with Crippen molar-refractivity contribution in [1.82, 2.24) is 0 Å². The van der Waals surface area contributed by atoms with E-state index >= 15 is 0 Å². The van der Waals surface area contributed by atoms with Crippen LogP contribution in [0.5, 0.6) is 0 Å². The van der Waals surface area contributed by atoms with Gasteiger partial charge in [0.25, 0.3) is 5.91 Å². The summed E-state index contributed by atoms with van der Waals surface area (Å²) in [6, 6.07) is 7.89. The number of fused-ring (bicyclic) bond motifs is 1. The lowest BCUT2D eigenvalue weighted by atomic mass is 9.95. The zero-order chi connectivity index (χ0) is 14.7. The van der Waals surface area contributed by atoms with E-state index in [9.17, 15) is 4.79 Å². The number of anilines is 1. The Balaban J connectivity index is 1.61. The summed E-state index contributed by atoms with van der Waals surface area (Å²) in [5.74, 6) is -0.0541. The fraction of sp³-hybridized carbons (Fsp3) is 0.500. The van der Waals surface area contributed by atoms with E-state index in [1.165, 1.54) is 0 Å². The van der Waals surface area contributed by atoms with Gasteiger partial charge in [-0.2, -0.15) is 0 Å². The number of para-hydroxylation sites is 1. The van der Waals surface area contributed by atoms with Gasteiger partial charge in [-0.05, 0) is 50.2 Å². The second kappa shape index (κ2) is 6.26. The van der Waals surface area contributed by atoms with Crippen molar-refractivity contribution in [2.24, 2.45) is 5.16 Å². The summed E-state index contributed by atoms with van der Waals surface area (Å²) in [6.07, 6.45) is 4.36. The molecule has 1 aliphatic carbocycles. The molecular formula is C16H20N2O3. The molecule has 21 heavy (non-hydrogen) atoms. The van der Waals surface area contributed by atoms with Crippen LogP contribution in [0.1, 0.15) is 37.7 Å². The van der Waals surface area contributed by atoms with Gasteiger partial charge in [-0.3, -0.25) is 4.79 Å². The highest BCUT2D eigenvalue weighted by molar-refractivity contribution is 5.95. The molecule has 2 N–H and O–H groups in total. The minimum absolute atomic E-state index is 0.0541. The third-order valence-corrected chi connectivity index (χ3v) is 4.25. The highest BCUT2D eigenvalue weighted by Gasteiger charge is 2.28. The first kappa shape index (κ1) is 14.1. The van der Waals surface area contributed by atoms with E-state index in [0.29, 0.717) is 6.42 Å². The molecule has 5 nitrogen and oxygen atoms in total. The van der Waals surface area contributed by atoms with Crippen LogP contribution >= 0.6 is 0 Å². The Kier molecular flexibility index (Phi) is 4.20. The fourth-order valence-corrected chi connectivity index (χ4v) is 3.01. The zero-order valence-electron chi connectivity index (χ0n) is 11.9. The Hall–Kier alpha value is -1.88. The number of amides is 1. The normalized spacial score (nSPS) is 25.7. The Morgan fingerprint density at radius 3 is 2.67 bits per heavy atom. The molecule has 1 atom stereocenters. The average molecular weight is 288 g/mol. The van der Waals surface area contributed by atoms with E-state index in [1.54, 1.807) is 0 Å². The molecule has 0 aromatic heterocycles. The fourth-order valence-electron chi connectivity index (χ4n) is 3.01. The standard InChI is InChI=1S/C16H20N2O3/c19-16-15(21-13-8-6-12(18-20)7-9-13)10-5-11-3-1-2-4-14(11)17-16/h1-4,13,15,20H,5-10H2,(H,17,19). The first-order chi connectivity index (χ1) is 10.3. The summed E-state index contributed by atoms with van der Waals surface area (Å²) in [5.41, 5.74) is 2.88. The highest BCUT2D eigenvalue weighted by atomic mass is 16.5. The number of benzene rings is 1. The molecular weight excluding hydrogens is 268 g/mol. The van der Waals surface area contributed by atoms with E-state index in [0.717, 1.165) is 49.1 Å². The number of hydrogen-bond donors (Lipinski definition) is 2. The van der Waals surface area contributed by atoms with E-state index in [4.69, 9.17) is 9.94 Å². The number of aryl methyl sites for hydroxylation is 1. The number of nitrogens with zero attached hydrogens (tertiary/aromatic N) is 1. The summed E-state index contributed by atoms with van der Waals surface area (Å²) in [4.78, 5) is 12.3. The predicted molar refractivity (Wildman–Crippen MR) is 79.7 cm³/mol. The van der Waals surface area contributed by atoms with Gasteiger partial charge in [-0.25, -0.2) is 0 Å². The van der Waals surface area contributed by atoms with Crippen molar-refractivity contribution >= 4 is 17.3 Å². The number of ether oxygens (including phenoxy) is 1. The Morgan fingerprint density at radius 1 is 1.14 bits per heavy atom. The van der Waals surface area contributed by atoms with Gasteiger partial charge in [-0.1, -0.05) is 23.4 Å². The molecule has 0 radical (unpaired) electrons. The van der Waals surface area contributed by atoms with Gasteiger partial charge in [0.05, 0.1) is 11.8 Å². The third-order valence-electron chi connectivity index (χ3n) is 4.25. The van der Waals surface area contributed by atoms with Crippen molar-refractivity contribution in [1.29, 1.82) is 0 Å². The van der Waals surface area contributed by atoms with E-state index < -0.39 is 6.10 Å². The molecule has 5 heteroatoms. The molecule has 1 unspecified atom stereocenters. The molecule has 112 valence electrons. The van der Waals surface area contributed by atoms with Gasteiger partial charge in [0.15, 0.2) is 0 Å². The Morgan fingerprint density at radius 2 is 1.90 bits per heavy atom. The van der Waals surface area contributed by atoms with Crippen molar-refractivity contribution in [3.63, 3.8) is 0 Å². The lowest BCUT2D eigenvalue weighted by Gasteiger charge is -2.26. The highest BCUT2D eigenvalue weighted by Crippen LogP contribution is 2.26. The molecule has 1 fully saturated rings. The van der Waals surface area contributed by atoms with Crippen LogP contribution in [0.3, 0.4) is 0 Å². The molecule has 1 heterocycles. The van der Waals surface area contributed by atoms with Crippen molar-refractivity contribution in [2.45, 2.75) is 50.7 Å². The molecule has 1 aromatic rings. The Bertz CT molecular complexity index is 546. The van der Waals surface area contributed by atoms with E-state index in [-0.39, 0.29) is 12.0 Å². The molecule has 1 aliphatic heterocycles. The first-order valence-electron chi connectivity index (χ1n) is 7.50. The number of nitrogens with one attached hydrogen (secondary N) is 1. The number of carbonyl (C=O) groups excluding carboxylic acids is 1. The monoisotopic (exact) mass is 288 g/mol. The first-order valence-corrected chi connectivity index (χ1v) is 7.50. The smallest absolute Gasteiger partial charge is 0.253 e.